The summed E-state index contributed by atoms with van der Waals surface area (Å²) in [5.74, 6) is 0.667. The first-order valence-electron chi connectivity index (χ1n) is 6.92. The van der Waals surface area contributed by atoms with E-state index in [9.17, 15) is 4.79 Å². The van der Waals surface area contributed by atoms with Crippen molar-refractivity contribution in [2.45, 2.75) is 32.2 Å². The summed E-state index contributed by atoms with van der Waals surface area (Å²) < 4.78 is 0. The Kier molecular flexibility index (Phi) is 5.01. The molecule has 1 aromatic carbocycles. The van der Waals surface area contributed by atoms with Gasteiger partial charge in [0.05, 0.1) is 11.6 Å². The molecule has 2 N–H and O–H groups in total. The molecule has 4 nitrogen and oxygen atoms in total. The number of nitrogens with zero attached hydrogens (tertiary/aromatic N) is 2. The summed E-state index contributed by atoms with van der Waals surface area (Å²) in [6.45, 7) is 2.95. The van der Waals surface area contributed by atoms with Crippen LogP contribution >= 0.6 is 11.6 Å². The Hall–Kier alpha value is -1.55. The minimum absolute atomic E-state index is 0.0954. The molecule has 1 heterocycles. The van der Waals surface area contributed by atoms with Crippen molar-refractivity contribution in [1.29, 1.82) is 0 Å². The fourth-order valence-corrected chi connectivity index (χ4v) is 2.50. The van der Waals surface area contributed by atoms with E-state index in [-0.39, 0.29) is 11.8 Å². The van der Waals surface area contributed by atoms with Crippen molar-refractivity contribution < 1.29 is 4.79 Å². The van der Waals surface area contributed by atoms with Crippen molar-refractivity contribution in [3.8, 4) is 0 Å². The SMILES string of the molecule is CC1CCCCN1C(=O)c1ccc(N=C(N)CCl)cc1. The number of alkyl halides is 1. The lowest BCUT2D eigenvalue weighted by Crippen LogP contribution is -2.41. The molecule has 1 aromatic rings. The third-order valence-electron chi connectivity index (χ3n) is 3.59. The maximum atomic E-state index is 12.4. The molecule has 0 bridgehead atoms. The number of benzene rings is 1. The quantitative estimate of drug-likeness (QED) is 0.529. The predicted molar refractivity (Wildman–Crippen MR) is 82.8 cm³/mol. The Bertz CT molecular complexity index is 498. The molecule has 1 fully saturated rings. The first-order chi connectivity index (χ1) is 9.61. The Labute approximate surface area is 124 Å². The Morgan fingerprint density at radius 1 is 1.40 bits per heavy atom. The van der Waals surface area contributed by atoms with Crippen LogP contribution in [0, 0.1) is 0 Å². The molecular weight excluding hydrogens is 274 g/mol. The Morgan fingerprint density at radius 3 is 2.70 bits per heavy atom. The van der Waals surface area contributed by atoms with Gasteiger partial charge in [0.1, 0.15) is 5.84 Å². The van der Waals surface area contributed by atoms with E-state index in [1.165, 1.54) is 6.42 Å². The fourth-order valence-electron chi connectivity index (χ4n) is 2.44. The number of likely N-dealkylation sites (tertiary alicyclic amines) is 1. The van der Waals surface area contributed by atoms with Crippen LogP contribution in [0.5, 0.6) is 0 Å². The topological polar surface area (TPSA) is 58.7 Å². The molecule has 1 atom stereocenters. The van der Waals surface area contributed by atoms with Gasteiger partial charge >= 0.3 is 0 Å². The third kappa shape index (κ3) is 3.51. The number of piperidine rings is 1. The van der Waals surface area contributed by atoms with E-state index >= 15 is 0 Å². The maximum absolute atomic E-state index is 12.4. The van der Waals surface area contributed by atoms with E-state index in [1.807, 2.05) is 4.90 Å². The van der Waals surface area contributed by atoms with E-state index in [0.29, 0.717) is 23.1 Å². The van der Waals surface area contributed by atoms with Gasteiger partial charge in [0.2, 0.25) is 0 Å². The van der Waals surface area contributed by atoms with Crippen LogP contribution in [0.15, 0.2) is 29.3 Å². The zero-order chi connectivity index (χ0) is 14.5. The molecule has 1 aliphatic rings. The van der Waals surface area contributed by atoms with Crippen LogP contribution in [-0.2, 0) is 0 Å². The first-order valence-corrected chi connectivity index (χ1v) is 7.45. The van der Waals surface area contributed by atoms with Gasteiger partial charge in [-0.1, -0.05) is 0 Å². The lowest BCUT2D eigenvalue weighted by molar-refractivity contribution is 0.0635. The van der Waals surface area contributed by atoms with E-state index in [0.717, 1.165) is 19.4 Å². The maximum Gasteiger partial charge on any atom is 0.254 e. The van der Waals surface area contributed by atoms with Crippen LogP contribution in [0.1, 0.15) is 36.5 Å². The van der Waals surface area contributed by atoms with Crippen LogP contribution in [0.4, 0.5) is 5.69 Å². The minimum Gasteiger partial charge on any atom is -0.386 e. The van der Waals surface area contributed by atoms with Gasteiger partial charge in [-0.3, -0.25) is 4.79 Å². The molecule has 1 aliphatic heterocycles. The van der Waals surface area contributed by atoms with Crippen molar-refractivity contribution in [2.24, 2.45) is 10.7 Å². The first kappa shape index (κ1) is 14.9. The number of rotatable bonds is 3. The standard InChI is InChI=1S/C15H20ClN3O/c1-11-4-2-3-9-19(11)15(20)12-5-7-13(8-6-12)18-14(17)10-16/h5-8,11H,2-4,9-10H2,1H3,(H2,17,18). The highest BCUT2D eigenvalue weighted by Crippen LogP contribution is 2.20. The highest BCUT2D eigenvalue weighted by molar-refractivity contribution is 6.28. The van der Waals surface area contributed by atoms with Gasteiger partial charge in [-0.05, 0) is 50.5 Å². The molecule has 5 heteroatoms. The molecule has 108 valence electrons. The van der Waals surface area contributed by atoms with Crippen molar-refractivity contribution in [2.75, 3.05) is 12.4 Å². The second-order valence-electron chi connectivity index (χ2n) is 5.13. The number of hydrogen-bond acceptors (Lipinski definition) is 2. The summed E-state index contributed by atoms with van der Waals surface area (Å²) in [6.07, 6.45) is 3.38. The van der Waals surface area contributed by atoms with E-state index in [1.54, 1.807) is 24.3 Å². The number of carbonyl (C=O) groups excluding carboxylic acids is 1. The van der Waals surface area contributed by atoms with Crippen LogP contribution in [0.25, 0.3) is 0 Å². The summed E-state index contributed by atoms with van der Waals surface area (Å²) in [5.41, 5.74) is 6.99. The summed E-state index contributed by atoms with van der Waals surface area (Å²) in [5, 5.41) is 0. The van der Waals surface area contributed by atoms with Crippen LogP contribution in [0.2, 0.25) is 0 Å². The van der Waals surface area contributed by atoms with Gasteiger partial charge in [-0.25, -0.2) is 4.99 Å². The van der Waals surface area contributed by atoms with Gasteiger partial charge < -0.3 is 10.6 Å². The Morgan fingerprint density at radius 2 is 2.10 bits per heavy atom. The number of hydrogen-bond donors (Lipinski definition) is 1. The number of halogens is 1. The molecule has 2 rings (SSSR count). The molecule has 1 unspecified atom stereocenters. The number of aliphatic imine (C=N–C) groups is 1. The number of amidine groups is 1. The van der Waals surface area contributed by atoms with Crippen LogP contribution in [-0.4, -0.2) is 35.1 Å². The summed E-state index contributed by atoms with van der Waals surface area (Å²) in [7, 11) is 0. The molecule has 20 heavy (non-hydrogen) atoms. The second kappa shape index (κ2) is 6.75. The van der Waals surface area contributed by atoms with Gasteiger partial charge in [0.25, 0.3) is 5.91 Å². The summed E-state index contributed by atoms with van der Waals surface area (Å²) >= 11 is 5.58. The molecule has 0 saturated carbocycles. The van der Waals surface area contributed by atoms with Gasteiger partial charge in [0, 0.05) is 18.2 Å². The smallest absolute Gasteiger partial charge is 0.254 e. The zero-order valence-corrected chi connectivity index (χ0v) is 12.4. The molecule has 0 radical (unpaired) electrons. The van der Waals surface area contributed by atoms with Gasteiger partial charge in [0.15, 0.2) is 0 Å². The Balaban J connectivity index is 2.11. The van der Waals surface area contributed by atoms with Crippen molar-refractivity contribution >= 4 is 29.0 Å². The van der Waals surface area contributed by atoms with E-state index < -0.39 is 0 Å². The fraction of sp³-hybridized carbons (Fsp3) is 0.467. The molecule has 0 spiro atoms. The molecule has 0 aliphatic carbocycles. The number of carbonyl (C=O) groups is 1. The normalized spacial score (nSPS) is 20.0. The number of amides is 1. The number of nitrogens with two attached hydrogens (primary N) is 1. The molecular formula is C15H20ClN3O. The highest BCUT2D eigenvalue weighted by atomic mass is 35.5. The van der Waals surface area contributed by atoms with Crippen molar-refractivity contribution in [3.63, 3.8) is 0 Å². The average Bonchev–Trinajstić information content (AvgIpc) is 2.47. The van der Waals surface area contributed by atoms with E-state index in [2.05, 4.69) is 11.9 Å². The highest BCUT2D eigenvalue weighted by Gasteiger charge is 2.23. The van der Waals surface area contributed by atoms with Crippen molar-refractivity contribution in [1.82, 2.24) is 4.90 Å². The third-order valence-corrected chi connectivity index (χ3v) is 3.86. The molecule has 1 saturated heterocycles. The molecule has 0 aromatic heterocycles. The van der Waals surface area contributed by atoms with Gasteiger partial charge in [-0.15, -0.1) is 11.6 Å². The monoisotopic (exact) mass is 293 g/mol. The zero-order valence-electron chi connectivity index (χ0n) is 11.7. The minimum atomic E-state index is 0.0954. The summed E-state index contributed by atoms with van der Waals surface area (Å²) in [4.78, 5) is 18.5. The lowest BCUT2D eigenvalue weighted by atomic mass is 10.0. The molecule has 1 amide bonds. The van der Waals surface area contributed by atoms with Crippen LogP contribution < -0.4 is 5.73 Å². The second-order valence-corrected chi connectivity index (χ2v) is 5.39. The van der Waals surface area contributed by atoms with Gasteiger partial charge in [-0.2, -0.15) is 0 Å². The summed E-state index contributed by atoms with van der Waals surface area (Å²) in [6, 6.07) is 7.50. The van der Waals surface area contributed by atoms with E-state index in [4.69, 9.17) is 17.3 Å². The van der Waals surface area contributed by atoms with Crippen LogP contribution in [0.3, 0.4) is 0 Å². The average molecular weight is 294 g/mol. The lowest BCUT2D eigenvalue weighted by Gasteiger charge is -2.33. The largest absolute Gasteiger partial charge is 0.386 e. The predicted octanol–water partition coefficient (Wildman–Crippen LogP) is 2.93. The van der Waals surface area contributed by atoms with Crippen molar-refractivity contribution in [3.05, 3.63) is 29.8 Å².